The van der Waals surface area contributed by atoms with E-state index in [1.165, 1.54) is 29.7 Å². The summed E-state index contributed by atoms with van der Waals surface area (Å²) in [5.41, 5.74) is 6.68. The van der Waals surface area contributed by atoms with Crippen LogP contribution in [0.25, 0.3) is 10.2 Å². The number of carbonyl (C=O) groups excluding carboxylic acids is 1. The van der Waals surface area contributed by atoms with Crippen LogP contribution in [0.3, 0.4) is 0 Å². The van der Waals surface area contributed by atoms with Gasteiger partial charge >= 0.3 is 0 Å². The molecule has 0 spiro atoms. The molecule has 5 nitrogen and oxygen atoms in total. The minimum atomic E-state index is -0.241. The summed E-state index contributed by atoms with van der Waals surface area (Å²) < 4.78 is 6.34. The second kappa shape index (κ2) is 6.90. The number of ether oxygens (including phenoxy) is 1. The number of nitrogens with zero attached hydrogens (tertiary/aromatic N) is 2. The van der Waals surface area contributed by atoms with E-state index >= 15 is 0 Å². The Hall–Kier alpha value is -1.69. The van der Waals surface area contributed by atoms with Crippen molar-refractivity contribution in [3.8, 4) is 5.88 Å². The molecule has 2 N–H and O–H groups in total. The molecule has 0 radical (unpaired) electrons. The van der Waals surface area contributed by atoms with Crippen LogP contribution in [-0.2, 0) is 11.2 Å². The van der Waals surface area contributed by atoms with Crippen LogP contribution in [0, 0.1) is 5.92 Å². The number of nitrogens with two attached hydrogens (primary N) is 1. The maximum Gasteiger partial charge on any atom is 0.225 e. The van der Waals surface area contributed by atoms with Gasteiger partial charge in [-0.15, -0.1) is 11.3 Å². The molecule has 0 aliphatic heterocycles. The van der Waals surface area contributed by atoms with Crippen molar-refractivity contribution in [2.45, 2.75) is 70.3 Å². The van der Waals surface area contributed by atoms with Gasteiger partial charge in [0.15, 0.2) is 0 Å². The smallest absolute Gasteiger partial charge is 0.225 e. The van der Waals surface area contributed by atoms with Crippen LogP contribution in [-0.4, -0.2) is 22.0 Å². The van der Waals surface area contributed by atoms with E-state index < -0.39 is 0 Å². The highest BCUT2D eigenvalue weighted by molar-refractivity contribution is 7.19. The molecule has 2 heterocycles. The molecule has 25 heavy (non-hydrogen) atoms. The first-order valence-electron chi connectivity index (χ1n) is 9.37. The van der Waals surface area contributed by atoms with E-state index in [1.807, 2.05) is 0 Å². The predicted molar refractivity (Wildman–Crippen MR) is 99.0 cm³/mol. The minimum Gasteiger partial charge on any atom is -0.474 e. The van der Waals surface area contributed by atoms with Crippen LogP contribution in [0.4, 0.5) is 0 Å². The molecule has 0 unspecified atom stereocenters. The molecule has 2 aliphatic rings. The molecule has 1 saturated carbocycles. The molecule has 0 bridgehead atoms. The van der Waals surface area contributed by atoms with Gasteiger partial charge in [-0.2, -0.15) is 0 Å². The first-order chi connectivity index (χ1) is 12.2. The fourth-order valence-corrected chi connectivity index (χ4v) is 5.62. The SMILES string of the molecule is CCC1CCC(Oc2ncnc3sc4c(c23)[C@@H](CC(N)=O)CC4)CC1. The summed E-state index contributed by atoms with van der Waals surface area (Å²) in [4.78, 5) is 22.7. The van der Waals surface area contributed by atoms with Crippen molar-refractivity contribution >= 4 is 27.5 Å². The van der Waals surface area contributed by atoms with Gasteiger partial charge in [0, 0.05) is 11.3 Å². The summed E-state index contributed by atoms with van der Waals surface area (Å²) >= 11 is 1.71. The standard InChI is InChI=1S/C19H25N3O2S/c1-2-11-3-6-13(7-4-11)24-18-17-16-12(9-15(20)23)5-8-14(16)25-19(17)22-10-21-18/h10-13H,2-9H2,1H3,(H2,20,23)/t11?,12-,13?/m1/s1. The molecule has 1 amide bonds. The summed E-state index contributed by atoms with van der Waals surface area (Å²) in [6, 6.07) is 0. The van der Waals surface area contributed by atoms with Crippen LogP contribution >= 0.6 is 11.3 Å². The number of hydrogen-bond donors (Lipinski definition) is 1. The Morgan fingerprint density at radius 2 is 2.08 bits per heavy atom. The molecule has 1 fully saturated rings. The van der Waals surface area contributed by atoms with Crippen molar-refractivity contribution in [3.05, 3.63) is 16.8 Å². The Morgan fingerprint density at radius 3 is 2.80 bits per heavy atom. The summed E-state index contributed by atoms with van der Waals surface area (Å²) in [6.07, 6.45) is 10.2. The second-order valence-electron chi connectivity index (χ2n) is 7.37. The number of carbonyl (C=O) groups is 1. The average molecular weight is 359 g/mol. The van der Waals surface area contributed by atoms with E-state index in [9.17, 15) is 4.79 Å². The van der Waals surface area contributed by atoms with Crippen molar-refractivity contribution < 1.29 is 9.53 Å². The Kier molecular flexibility index (Phi) is 4.63. The predicted octanol–water partition coefficient (Wildman–Crippen LogP) is 3.94. The highest BCUT2D eigenvalue weighted by Crippen LogP contribution is 2.47. The van der Waals surface area contributed by atoms with Crippen LogP contribution in [0.2, 0.25) is 0 Å². The molecule has 2 aromatic heterocycles. The first kappa shape index (κ1) is 16.8. The van der Waals surface area contributed by atoms with Gasteiger partial charge in [0.1, 0.15) is 17.3 Å². The zero-order valence-electron chi connectivity index (χ0n) is 14.7. The monoisotopic (exact) mass is 359 g/mol. The van der Waals surface area contributed by atoms with Crippen LogP contribution in [0.15, 0.2) is 6.33 Å². The van der Waals surface area contributed by atoms with Gasteiger partial charge < -0.3 is 10.5 Å². The molecule has 0 aromatic carbocycles. The number of rotatable bonds is 5. The first-order valence-corrected chi connectivity index (χ1v) is 10.2. The van der Waals surface area contributed by atoms with Gasteiger partial charge in [0.05, 0.1) is 5.39 Å². The molecule has 4 rings (SSSR count). The van der Waals surface area contributed by atoms with Crippen LogP contribution in [0.1, 0.15) is 68.2 Å². The molecule has 134 valence electrons. The number of aryl methyl sites for hydroxylation is 1. The zero-order chi connectivity index (χ0) is 17.4. The van der Waals surface area contributed by atoms with E-state index in [0.29, 0.717) is 12.3 Å². The zero-order valence-corrected chi connectivity index (χ0v) is 15.5. The van der Waals surface area contributed by atoms with Crippen molar-refractivity contribution in [2.75, 3.05) is 0 Å². The lowest BCUT2D eigenvalue weighted by atomic mass is 9.86. The lowest BCUT2D eigenvalue weighted by Gasteiger charge is -2.28. The van der Waals surface area contributed by atoms with Crippen LogP contribution in [0.5, 0.6) is 5.88 Å². The molecule has 1 atom stereocenters. The number of fused-ring (bicyclic) bond motifs is 3. The summed E-state index contributed by atoms with van der Waals surface area (Å²) in [7, 11) is 0. The third kappa shape index (κ3) is 3.24. The molecule has 6 heteroatoms. The lowest BCUT2D eigenvalue weighted by molar-refractivity contribution is -0.118. The van der Waals surface area contributed by atoms with Gasteiger partial charge in [-0.3, -0.25) is 4.79 Å². The highest BCUT2D eigenvalue weighted by atomic mass is 32.1. The highest BCUT2D eigenvalue weighted by Gasteiger charge is 2.32. The quantitative estimate of drug-likeness (QED) is 0.877. The van der Waals surface area contributed by atoms with Gasteiger partial charge in [-0.1, -0.05) is 13.3 Å². The van der Waals surface area contributed by atoms with Crippen molar-refractivity contribution in [3.63, 3.8) is 0 Å². The normalized spacial score (nSPS) is 25.9. The fraction of sp³-hybridized carbons (Fsp3) is 0.632. The van der Waals surface area contributed by atoms with Crippen molar-refractivity contribution in [1.29, 1.82) is 0 Å². The molecule has 0 saturated heterocycles. The minimum absolute atomic E-state index is 0.186. The Morgan fingerprint density at radius 1 is 1.28 bits per heavy atom. The number of aromatic nitrogens is 2. The largest absolute Gasteiger partial charge is 0.474 e. The maximum atomic E-state index is 11.4. The maximum absolute atomic E-state index is 11.4. The Balaban J connectivity index is 1.63. The number of primary amides is 1. The van der Waals surface area contributed by atoms with E-state index in [2.05, 4.69) is 16.9 Å². The van der Waals surface area contributed by atoms with E-state index in [0.717, 1.165) is 41.8 Å². The number of thiophene rings is 1. The molecule has 2 aromatic rings. The topological polar surface area (TPSA) is 78.1 Å². The average Bonchev–Trinajstić information content (AvgIpc) is 3.15. The van der Waals surface area contributed by atoms with Gasteiger partial charge in [-0.05, 0) is 55.9 Å². The molecule has 2 aliphatic carbocycles. The van der Waals surface area contributed by atoms with Crippen molar-refractivity contribution in [2.24, 2.45) is 11.7 Å². The second-order valence-corrected chi connectivity index (χ2v) is 8.46. The number of amides is 1. The van der Waals surface area contributed by atoms with Gasteiger partial charge in [0.2, 0.25) is 11.8 Å². The van der Waals surface area contributed by atoms with Gasteiger partial charge in [0.25, 0.3) is 0 Å². The van der Waals surface area contributed by atoms with E-state index in [1.54, 1.807) is 17.7 Å². The van der Waals surface area contributed by atoms with E-state index in [-0.39, 0.29) is 17.9 Å². The molecular weight excluding hydrogens is 334 g/mol. The van der Waals surface area contributed by atoms with Gasteiger partial charge in [-0.25, -0.2) is 9.97 Å². The third-order valence-corrected chi connectivity index (χ3v) is 6.97. The third-order valence-electron chi connectivity index (χ3n) is 5.79. The summed E-state index contributed by atoms with van der Waals surface area (Å²) in [5, 5.41) is 1.03. The lowest BCUT2D eigenvalue weighted by Crippen LogP contribution is -2.24. The van der Waals surface area contributed by atoms with Crippen molar-refractivity contribution in [1.82, 2.24) is 9.97 Å². The Labute approximate surface area is 152 Å². The summed E-state index contributed by atoms with van der Waals surface area (Å²) in [6.45, 7) is 2.27. The fourth-order valence-electron chi connectivity index (χ4n) is 4.39. The van der Waals surface area contributed by atoms with E-state index in [4.69, 9.17) is 10.5 Å². The summed E-state index contributed by atoms with van der Waals surface area (Å²) in [5.74, 6) is 1.49. The number of hydrogen-bond acceptors (Lipinski definition) is 5. The van der Waals surface area contributed by atoms with Crippen LogP contribution < -0.4 is 10.5 Å². The molecular formula is C19H25N3O2S. The Bertz CT molecular complexity index is 780.